The van der Waals surface area contributed by atoms with Gasteiger partial charge in [-0.1, -0.05) is 6.07 Å². The minimum absolute atomic E-state index is 0.0547. The maximum atomic E-state index is 14.1. The first-order valence-corrected chi connectivity index (χ1v) is 12.4. The van der Waals surface area contributed by atoms with E-state index in [0.717, 1.165) is 11.5 Å². The monoisotopic (exact) mass is 593 g/mol. The number of anilines is 2. The number of carboxylic acid groups (broad SMARTS) is 1. The molecule has 0 amide bonds. The van der Waals surface area contributed by atoms with E-state index in [1.54, 1.807) is 16.7 Å². The zero-order chi connectivity index (χ0) is 30.0. The van der Waals surface area contributed by atoms with E-state index < -0.39 is 23.8 Å². The summed E-state index contributed by atoms with van der Waals surface area (Å²) in [6, 6.07) is 10.6. The smallest absolute Gasteiger partial charge is 0.475 e. The van der Waals surface area contributed by atoms with Gasteiger partial charge in [0.1, 0.15) is 23.0 Å². The van der Waals surface area contributed by atoms with Crippen molar-refractivity contribution in [2.24, 2.45) is 0 Å². The van der Waals surface area contributed by atoms with Gasteiger partial charge < -0.3 is 29.6 Å². The summed E-state index contributed by atoms with van der Waals surface area (Å²) in [5.41, 5.74) is 1.58. The molecule has 0 aliphatic carbocycles. The highest BCUT2D eigenvalue weighted by Crippen LogP contribution is 2.28. The first-order valence-electron chi connectivity index (χ1n) is 12.4. The second-order valence-electron chi connectivity index (χ2n) is 8.97. The molecule has 0 saturated carbocycles. The van der Waals surface area contributed by atoms with E-state index in [-0.39, 0.29) is 17.9 Å². The summed E-state index contributed by atoms with van der Waals surface area (Å²) in [4.78, 5) is 27.6. The maximum Gasteiger partial charge on any atom is 0.490 e. The van der Waals surface area contributed by atoms with Crippen molar-refractivity contribution in [1.82, 2.24) is 24.5 Å². The highest BCUT2D eigenvalue weighted by molar-refractivity contribution is 5.90. The Balaban J connectivity index is 0.000000451. The van der Waals surface area contributed by atoms with Crippen molar-refractivity contribution in [2.45, 2.75) is 12.7 Å². The van der Waals surface area contributed by atoms with Crippen molar-refractivity contribution in [3.8, 4) is 5.69 Å². The molecule has 1 aliphatic heterocycles. The molecule has 1 fully saturated rings. The van der Waals surface area contributed by atoms with Gasteiger partial charge in [0.15, 0.2) is 17.3 Å². The van der Waals surface area contributed by atoms with Crippen LogP contribution in [0.4, 0.5) is 38.1 Å². The van der Waals surface area contributed by atoms with E-state index in [0.29, 0.717) is 60.7 Å². The Bertz CT molecular complexity index is 1750. The molecule has 10 nitrogen and oxygen atoms in total. The van der Waals surface area contributed by atoms with Gasteiger partial charge in [-0.25, -0.2) is 22.9 Å². The Morgan fingerprint density at radius 3 is 2.48 bits per heavy atom. The molecule has 2 aromatic carbocycles. The molecule has 220 valence electrons. The predicted octanol–water partition coefficient (Wildman–Crippen LogP) is 4.80. The van der Waals surface area contributed by atoms with E-state index in [1.165, 1.54) is 18.2 Å². The molecule has 6 rings (SSSR count). The molecule has 0 atom stereocenters. The SMILES string of the molecule is Fc1cccc(-n2ccc3c(NCc4nc5c(F)c(F)ccc5[nH]4)nc(N4CCOCC4)nc32)c1.O=C(O)C(F)(F)F. The average Bonchev–Trinajstić information content (AvgIpc) is 3.59. The topological polar surface area (TPSA) is 121 Å². The van der Waals surface area contributed by atoms with Crippen LogP contribution in [0.2, 0.25) is 0 Å². The van der Waals surface area contributed by atoms with Crippen molar-refractivity contribution < 1.29 is 41.0 Å². The zero-order valence-corrected chi connectivity index (χ0v) is 21.4. The maximum absolute atomic E-state index is 14.1. The van der Waals surface area contributed by atoms with E-state index in [2.05, 4.69) is 15.3 Å². The highest BCUT2D eigenvalue weighted by Gasteiger charge is 2.38. The number of carboxylic acids is 1. The first-order chi connectivity index (χ1) is 20.0. The summed E-state index contributed by atoms with van der Waals surface area (Å²) in [6.07, 6.45) is -3.28. The second-order valence-corrected chi connectivity index (χ2v) is 8.97. The highest BCUT2D eigenvalue weighted by atomic mass is 19.4. The van der Waals surface area contributed by atoms with Crippen LogP contribution in [0.15, 0.2) is 48.7 Å². The second kappa shape index (κ2) is 11.6. The molecule has 1 saturated heterocycles. The zero-order valence-electron chi connectivity index (χ0n) is 21.4. The van der Waals surface area contributed by atoms with Gasteiger partial charge in [-0.2, -0.15) is 23.1 Å². The van der Waals surface area contributed by atoms with E-state index in [4.69, 9.17) is 24.6 Å². The number of nitrogens with zero attached hydrogens (tertiary/aromatic N) is 5. The van der Waals surface area contributed by atoms with E-state index >= 15 is 0 Å². The molecule has 0 unspecified atom stereocenters. The van der Waals surface area contributed by atoms with Crippen LogP contribution in [0, 0.1) is 17.5 Å². The van der Waals surface area contributed by atoms with Gasteiger partial charge in [0.2, 0.25) is 5.95 Å². The lowest BCUT2D eigenvalue weighted by molar-refractivity contribution is -0.192. The van der Waals surface area contributed by atoms with Crippen LogP contribution in [-0.4, -0.2) is 68.1 Å². The number of aliphatic carboxylic acids is 1. The molecule has 3 N–H and O–H groups in total. The molecule has 4 heterocycles. The van der Waals surface area contributed by atoms with Crippen LogP contribution in [0.5, 0.6) is 0 Å². The molecular formula is C26H21F6N7O3. The summed E-state index contributed by atoms with van der Waals surface area (Å²) in [6.45, 7) is 2.60. The number of alkyl halides is 3. The number of halogens is 6. The van der Waals surface area contributed by atoms with Crippen molar-refractivity contribution in [2.75, 3.05) is 36.5 Å². The predicted molar refractivity (Wildman–Crippen MR) is 139 cm³/mol. The number of H-pyrrole nitrogens is 1. The van der Waals surface area contributed by atoms with Crippen LogP contribution in [0.25, 0.3) is 27.8 Å². The van der Waals surface area contributed by atoms with Crippen LogP contribution >= 0.6 is 0 Å². The summed E-state index contributed by atoms with van der Waals surface area (Å²) in [7, 11) is 0. The number of imidazole rings is 1. The number of nitrogens with one attached hydrogen (secondary N) is 2. The standard InChI is InChI=1S/C24H20F3N7O.C2HF3O2/c25-14-2-1-3-15(12-14)34-7-6-16-22(31-24(32-23(16)34)33-8-10-35-11-9-33)28-13-19-29-18-5-4-17(26)20(27)21(18)30-19;3-2(4,5)1(6)7/h1-7,12H,8-11,13H2,(H,29,30)(H,28,31,32);(H,6,7). The first kappa shape index (κ1) is 28.7. The number of hydrogen-bond donors (Lipinski definition) is 3. The third-order valence-electron chi connectivity index (χ3n) is 6.17. The Morgan fingerprint density at radius 1 is 1.05 bits per heavy atom. The van der Waals surface area contributed by atoms with Gasteiger partial charge in [-0.15, -0.1) is 0 Å². The van der Waals surface area contributed by atoms with Gasteiger partial charge in [0, 0.05) is 25.0 Å². The molecule has 3 aromatic heterocycles. The molecular weight excluding hydrogens is 572 g/mol. The molecule has 0 bridgehead atoms. The summed E-state index contributed by atoms with van der Waals surface area (Å²) in [5, 5.41) is 11.1. The number of aromatic nitrogens is 5. The number of ether oxygens (including phenoxy) is 1. The van der Waals surface area contributed by atoms with Gasteiger partial charge in [-0.3, -0.25) is 0 Å². The number of benzene rings is 2. The van der Waals surface area contributed by atoms with Crippen molar-refractivity contribution in [3.05, 3.63) is 71.9 Å². The molecule has 0 spiro atoms. The normalized spacial score (nSPS) is 13.7. The number of morpholine rings is 1. The number of fused-ring (bicyclic) bond motifs is 2. The van der Waals surface area contributed by atoms with Crippen molar-refractivity contribution in [3.63, 3.8) is 0 Å². The van der Waals surface area contributed by atoms with Crippen LogP contribution < -0.4 is 10.2 Å². The van der Waals surface area contributed by atoms with Gasteiger partial charge in [0.05, 0.1) is 30.7 Å². The number of carbonyl (C=O) groups is 1. The molecule has 5 aromatic rings. The Kier molecular flexibility index (Phi) is 7.89. The minimum atomic E-state index is -5.08. The number of rotatable bonds is 5. The van der Waals surface area contributed by atoms with Gasteiger partial charge >= 0.3 is 12.1 Å². The van der Waals surface area contributed by atoms with Crippen molar-refractivity contribution in [1.29, 1.82) is 0 Å². The average molecular weight is 593 g/mol. The van der Waals surface area contributed by atoms with Gasteiger partial charge in [-0.05, 0) is 36.4 Å². The summed E-state index contributed by atoms with van der Waals surface area (Å²) >= 11 is 0. The Hall–Kier alpha value is -4.86. The Morgan fingerprint density at radius 2 is 1.79 bits per heavy atom. The van der Waals surface area contributed by atoms with Gasteiger partial charge in [0.25, 0.3) is 0 Å². The number of hydrogen-bond acceptors (Lipinski definition) is 7. The third kappa shape index (κ3) is 6.07. The summed E-state index contributed by atoms with van der Waals surface area (Å²) in [5.74, 6) is -3.57. The Labute approximate surface area is 232 Å². The lowest BCUT2D eigenvalue weighted by Gasteiger charge is -2.27. The van der Waals surface area contributed by atoms with E-state index in [9.17, 15) is 26.3 Å². The largest absolute Gasteiger partial charge is 0.490 e. The number of aromatic amines is 1. The fourth-order valence-electron chi connectivity index (χ4n) is 4.20. The quantitative estimate of drug-likeness (QED) is 0.249. The third-order valence-corrected chi connectivity index (χ3v) is 6.17. The molecule has 0 radical (unpaired) electrons. The molecule has 42 heavy (non-hydrogen) atoms. The molecule has 16 heteroatoms. The fraction of sp³-hybridized carbons (Fsp3) is 0.231. The van der Waals surface area contributed by atoms with Crippen LogP contribution in [-0.2, 0) is 16.1 Å². The minimum Gasteiger partial charge on any atom is -0.475 e. The van der Waals surface area contributed by atoms with Crippen LogP contribution in [0.1, 0.15) is 5.82 Å². The lowest BCUT2D eigenvalue weighted by Crippen LogP contribution is -2.37. The van der Waals surface area contributed by atoms with Crippen molar-refractivity contribution >= 4 is 39.8 Å². The summed E-state index contributed by atoms with van der Waals surface area (Å²) < 4.78 is 80.6. The lowest BCUT2D eigenvalue weighted by atomic mass is 10.3. The van der Waals surface area contributed by atoms with Crippen LogP contribution in [0.3, 0.4) is 0 Å². The fourth-order valence-corrected chi connectivity index (χ4v) is 4.20. The van der Waals surface area contributed by atoms with E-state index in [1.807, 2.05) is 17.2 Å². The molecule has 1 aliphatic rings.